The number of aromatic nitrogens is 2. The number of piperazine rings is 1. The Morgan fingerprint density at radius 1 is 0.705 bits per heavy atom. The SMILES string of the molecule is CN1C(=O)C2(CCCCC2)c2c(F)cc(OS(=O)(=O)C(F)(F)F)cc21.CN1CCN(c2cc(F)c3c(c2)N(C)C(=O)C32CCN(c3nc4c(c(=O)[nH]3)CCCN4C)CC2)CC1. The maximum absolute atomic E-state index is 15.8. The molecular formula is C41H49F5N8O6S. The van der Waals surface area contributed by atoms with Gasteiger partial charge in [0.2, 0.25) is 17.8 Å². The Balaban J connectivity index is 0.000000181. The van der Waals surface area contributed by atoms with E-state index in [-0.39, 0.29) is 34.4 Å². The van der Waals surface area contributed by atoms with E-state index in [1.165, 1.54) is 7.05 Å². The average Bonchev–Trinajstić information content (AvgIpc) is 3.54. The second kappa shape index (κ2) is 15.4. The van der Waals surface area contributed by atoms with E-state index < -0.39 is 38.0 Å². The van der Waals surface area contributed by atoms with E-state index in [1.54, 1.807) is 18.0 Å². The minimum absolute atomic E-state index is 0.0410. The number of alkyl halides is 3. The van der Waals surface area contributed by atoms with Gasteiger partial charge in [-0.2, -0.15) is 26.6 Å². The smallest absolute Gasteiger partial charge is 0.376 e. The minimum Gasteiger partial charge on any atom is -0.376 e. The number of amides is 2. The van der Waals surface area contributed by atoms with E-state index in [4.69, 9.17) is 4.98 Å². The Hall–Kier alpha value is -4.98. The molecule has 2 spiro atoms. The number of hydrogen-bond acceptors (Lipinski definition) is 11. The monoisotopic (exact) mass is 876 g/mol. The van der Waals surface area contributed by atoms with Gasteiger partial charge in [0.15, 0.2) is 0 Å². The summed E-state index contributed by atoms with van der Waals surface area (Å²) in [5, 5.41) is 0. The second-order valence-corrected chi connectivity index (χ2v) is 18.6. The molecule has 3 fully saturated rings. The summed E-state index contributed by atoms with van der Waals surface area (Å²) in [6.07, 6.45) is 5.91. The fraction of sp³-hybridized carbons (Fsp3) is 0.561. The van der Waals surface area contributed by atoms with Crippen molar-refractivity contribution in [3.05, 3.63) is 62.9 Å². The van der Waals surface area contributed by atoms with Crippen LogP contribution in [0.4, 0.5) is 50.8 Å². The number of fused-ring (bicyclic) bond motifs is 5. The lowest BCUT2D eigenvalue weighted by molar-refractivity contribution is -0.124. The average molecular weight is 877 g/mol. The molecule has 1 aromatic heterocycles. The third-order valence-corrected chi connectivity index (χ3v) is 14.4. The van der Waals surface area contributed by atoms with Crippen molar-refractivity contribution in [3.8, 4) is 5.75 Å². The van der Waals surface area contributed by atoms with Crippen LogP contribution in [0.5, 0.6) is 5.75 Å². The highest BCUT2D eigenvalue weighted by molar-refractivity contribution is 7.88. The van der Waals surface area contributed by atoms with Gasteiger partial charge in [0.1, 0.15) is 23.2 Å². The predicted octanol–water partition coefficient (Wildman–Crippen LogP) is 4.79. The summed E-state index contributed by atoms with van der Waals surface area (Å²) in [5.74, 6) is -1.16. The molecule has 1 N–H and O–H groups in total. The lowest BCUT2D eigenvalue weighted by atomic mass is 9.70. The van der Waals surface area contributed by atoms with Crippen LogP contribution in [0.3, 0.4) is 0 Å². The number of nitrogens with zero attached hydrogens (tertiary/aromatic N) is 7. The third kappa shape index (κ3) is 7.16. The Morgan fingerprint density at radius 3 is 1.89 bits per heavy atom. The zero-order valence-electron chi connectivity index (χ0n) is 34.5. The van der Waals surface area contributed by atoms with E-state index in [1.807, 2.05) is 22.9 Å². The normalized spacial score (nSPS) is 21.1. The van der Waals surface area contributed by atoms with Crippen LogP contribution in [-0.2, 0) is 37.0 Å². The molecule has 5 aliphatic heterocycles. The van der Waals surface area contributed by atoms with E-state index in [0.29, 0.717) is 62.0 Å². The van der Waals surface area contributed by atoms with E-state index in [9.17, 15) is 40.4 Å². The first-order chi connectivity index (χ1) is 28.8. The molecule has 14 nitrogen and oxygen atoms in total. The number of anilines is 5. The van der Waals surface area contributed by atoms with Gasteiger partial charge in [0.25, 0.3) is 5.56 Å². The Labute approximate surface area is 350 Å². The number of likely N-dealkylation sites (N-methyl/N-ethyl adjacent to an activating group) is 3. The second-order valence-electron chi connectivity index (χ2n) is 17.1. The minimum atomic E-state index is -5.92. The fourth-order valence-corrected chi connectivity index (χ4v) is 10.6. The van der Waals surface area contributed by atoms with Crippen LogP contribution >= 0.6 is 0 Å². The largest absolute Gasteiger partial charge is 0.534 e. The first-order valence-electron chi connectivity index (χ1n) is 20.6. The first-order valence-corrected chi connectivity index (χ1v) is 22.0. The van der Waals surface area contributed by atoms with E-state index in [2.05, 4.69) is 26.0 Å². The fourth-order valence-electron chi connectivity index (χ4n) is 10.1. The third-order valence-electron chi connectivity index (χ3n) is 13.4. The number of carbonyl (C=O) groups excluding carboxylic acids is 2. The number of nitrogens with one attached hydrogen (secondary N) is 1. The molecule has 2 amide bonds. The van der Waals surface area contributed by atoms with Crippen LogP contribution in [0.15, 0.2) is 29.1 Å². The Kier molecular flexibility index (Phi) is 10.8. The molecule has 0 bridgehead atoms. The van der Waals surface area contributed by atoms with Crippen molar-refractivity contribution in [2.75, 3.05) is 98.5 Å². The number of hydrogen-bond donors (Lipinski definition) is 1. The summed E-state index contributed by atoms with van der Waals surface area (Å²) >= 11 is 0. The Bertz CT molecular complexity index is 2430. The quantitative estimate of drug-likeness (QED) is 0.220. The van der Waals surface area contributed by atoms with Gasteiger partial charge in [-0.15, -0.1) is 0 Å². The molecule has 1 aliphatic carbocycles. The van der Waals surface area contributed by atoms with Crippen molar-refractivity contribution in [2.45, 2.75) is 74.1 Å². The van der Waals surface area contributed by atoms with Gasteiger partial charge in [-0.05, 0) is 57.7 Å². The van der Waals surface area contributed by atoms with Crippen LogP contribution in [0.1, 0.15) is 68.1 Å². The lowest BCUT2D eigenvalue weighted by Gasteiger charge is -2.39. The molecule has 1 saturated carbocycles. The van der Waals surface area contributed by atoms with Crippen LogP contribution in [-0.4, -0.2) is 115 Å². The molecular weight excluding hydrogens is 828 g/mol. The number of rotatable bonds is 4. The zero-order valence-corrected chi connectivity index (χ0v) is 35.3. The number of benzene rings is 2. The van der Waals surface area contributed by atoms with Gasteiger partial charge in [-0.1, -0.05) is 19.3 Å². The standard InChI is InChI=1S/C26H34FN7O2.C15H15F4NO4S/c1-30-11-13-33(14-12-30)17-15-19(27)21-20(16-17)32(3)24(36)26(21)6-9-34(10-7-26)25-28-22-18(23(35)29-25)5-4-8-31(22)2;1-20-11-8-9(24-25(22,23)15(17,18)19)7-10(16)12(11)14(13(20)21)5-3-2-4-6-14/h15-16H,4-14H2,1-3H3,(H,28,29,35);7-8H,2-6H2,1H3. The molecule has 2 aromatic carbocycles. The van der Waals surface area contributed by atoms with Crippen molar-refractivity contribution < 1.29 is 44.1 Å². The highest BCUT2D eigenvalue weighted by atomic mass is 32.2. The number of aromatic amines is 1. The number of carbonyl (C=O) groups is 2. The highest BCUT2D eigenvalue weighted by Gasteiger charge is 2.55. The molecule has 330 valence electrons. The number of halogens is 5. The predicted molar refractivity (Wildman–Crippen MR) is 219 cm³/mol. The molecule has 0 radical (unpaired) electrons. The Morgan fingerprint density at radius 2 is 1.28 bits per heavy atom. The molecule has 3 aromatic rings. The van der Waals surface area contributed by atoms with Crippen LogP contribution in [0.25, 0.3) is 0 Å². The maximum atomic E-state index is 15.8. The van der Waals surface area contributed by atoms with Gasteiger partial charge in [0, 0.05) is 95.9 Å². The molecule has 9 rings (SSSR count). The van der Waals surface area contributed by atoms with Crippen molar-refractivity contribution >= 4 is 50.8 Å². The zero-order chi connectivity index (χ0) is 43.8. The van der Waals surface area contributed by atoms with E-state index >= 15 is 4.39 Å². The summed E-state index contributed by atoms with van der Waals surface area (Å²) in [7, 11) is 1.27. The molecule has 61 heavy (non-hydrogen) atoms. The first kappa shape index (κ1) is 42.7. The molecule has 0 atom stereocenters. The summed E-state index contributed by atoms with van der Waals surface area (Å²) in [4.78, 5) is 58.0. The summed E-state index contributed by atoms with van der Waals surface area (Å²) in [6, 6.07) is 5.15. The van der Waals surface area contributed by atoms with E-state index in [0.717, 1.165) is 92.9 Å². The van der Waals surface area contributed by atoms with Gasteiger partial charge in [-0.3, -0.25) is 19.4 Å². The molecule has 6 heterocycles. The molecule has 0 unspecified atom stereocenters. The number of piperidine rings is 1. The highest BCUT2D eigenvalue weighted by Crippen LogP contribution is 2.53. The summed E-state index contributed by atoms with van der Waals surface area (Å²) in [6.45, 7) is 5.46. The number of H-pyrrole nitrogens is 1. The topological polar surface area (TPSA) is 143 Å². The van der Waals surface area contributed by atoms with Crippen molar-refractivity contribution in [2.24, 2.45) is 0 Å². The van der Waals surface area contributed by atoms with Crippen molar-refractivity contribution in [1.29, 1.82) is 0 Å². The lowest BCUT2D eigenvalue weighted by Crippen LogP contribution is -2.49. The van der Waals surface area contributed by atoms with Crippen molar-refractivity contribution in [1.82, 2.24) is 14.9 Å². The molecule has 20 heteroatoms. The van der Waals surface area contributed by atoms with Crippen LogP contribution < -0.4 is 34.2 Å². The summed E-state index contributed by atoms with van der Waals surface area (Å²) < 4.78 is 94.0. The maximum Gasteiger partial charge on any atom is 0.534 e. The molecule has 6 aliphatic rings. The van der Waals surface area contributed by atoms with Crippen LogP contribution in [0, 0.1) is 11.6 Å². The van der Waals surface area contributed by atoms with Crippen LogP contribution in [0.2, 0.25) is 0 Å². The van der Waals surface area contributed by atoms with Gasteiger partial charge < -0.3 is 33.6 Å². The summed E-state index contributed by atoms with van der Waals surface area (Å²) in [5.41, 5.74) is -4.70. The van der Waals surface area contributed by atoms with Gasteiger partial charge >= 0.3 is 15.6 Å². The molecule has 2 saturated heterocycles. The van der Waals surface area contributed by atoms with Gasteiger partial charge in [0.05, 0.1) is 27.8 Å². The van der Waals surface area contributed by atoms with Gasteiger partial charge in [-0.25, -0.2) is 8.78 Å². The van der Waals surface area contributed by atoms with Crippen molar-refractivity contribution in [3.63, 3.8) is 0 Å².